The van der Waals surface area contributed by atoms with E-state index in [1.165, 1.54) is 10.7 Å². The number of carboxylic acid groups (broad SMARTS) is 1. The number of carbonyl (C=O) groups is 2. The minimum atomic E-state index is -0.745. The van der Waals surface area contributed by atoms with E-state index in [1.54, 1.807) is 18.3 Å². The monoisotopic (exact) mass is 288 g/mol. The third kappa shape index (κ3) is 2.72. The van der Waals surface area contributed by atoms with Gasteiger partial charge in [-0.25, -0.2) is 9.50 Å². The van der Waals surface area contributed by atoms with Gasteiger partial charge in [-0.2, -0.15) is 5.10 Å². The van der Waals surface area contributed by atoms with Crippen LogP contribution in [0.3, 0.4) is 0 Å². The van der Waals surface area contributed by atoms with Gasteiger partial charge in [-0.05, 0) is 37.8 Å². The number of aromatic nitrogens is 3. The fourth-order valence-corrected chi connectivity index (χ4v) is 2.73. The van der Waals surface area contributed by atoms with E-state index < -0.39 is 5.97 Å². The first-order valence-corrected chi connectivity index (χ1v) is 6.97. The summed E-state index contributed by atoms with van der Waals surface area (Å²) >= 11 is 0. The molecule has 2 N–H and O–H groups in total. The summed E-state index contributed by atoms with van der Waals surface area (Å²) in [6.45, 7) is 0. The number of nitrogens with one attached hydrogen (secondary N) is 1. The van der Waals surface area contributed by atoms with Crippen LogP contribution in [0.1, 0.15) is 36.2 Å². The van der Waals surface area contributed by atoms with E-state index in [1.807, 2.05) is 0 Å². The average Bonchev–Trinajstić information content (AvgIpc) is 2.92. The van der Waals surface area contributed by atoms with Gasteiger partial charge in [-0.15, -0.1) is 0 Å². The van der Waals surface area contributed by atoms with E-state index >= 15 is 0 Å². The van der Waals surface area contributed by atoms with E-state index in [-0.39, 0.29) is 17.9 Å². The fraction of sp³-hybridized carbons (Fsp3) is 0.429. The highest BCUT2D eigenvalue weighted by atomic mass is 16.4. The Labute approximate surface area is 121 Å². The zero-order valence-corrected chi connectivity index (χ0v) is 11.4. The Morgan fingerprint density at radius 2 is 2.05 bits per heavy atom. The molecule has 3 rings (SSSR count). The SMILES string of the molecule is O=C(NC1CCC(C(=O)O)CC1)c1cnc2cccnn12. The molecule has 1 aliphatic rings. The predicted molar refractivity (Wildman–Crippen MR) is 73.8 cm³/mol. The van der Waals surface area contributed by atoms with Crippen molar-refractivity contribution in [3.8, 4) is 0 Å². The maximum absolute atomic E-state index is 12.3. The highest BCUT2D eigenvalue weighted by Gasteiger charge is 2.27. The Morgan fingerprint density at radius 1 is 1.29 bits per heavy atom. The van der Waals surface area contributed by atoms with Crippen molar-refractivity contribution in [1.29, 1.82) is 0 Å². The van der Waals surface area contributed by atoms with E-state index in [2.05, 4.69) is 15.4 Å². The maximum Gasteiger partial charge on any atom is 0.306 e. The van der Waals surface area contributed by atoms with Crippen LogP contribution in [0, 0.1) is 5.92 Å². The van der Waals surface area contributed by atoms with Gasteiger partial charge in [-0.3, -0.25) is 9.59 Å². The van der Waals surface area contributed by atoms with Gasteiger partial charge in [0.15, 0.2) is 5.65 Å². The molecule has 0 unspecified atom stereocenters. The van der Waals surface area contributed by atoms with Crippen LogP contribution in [-0.2, 0) is 4.79 Å². The van der Waals surface area contributed by atoms with Crippen LogP contribution in [-0.4, -0.2) is 37.6 Å². The van der Waals surface area contributed by atoms with Gasteiger partial charge >= 0.3 is 5.97 Å². The molecule has 1 saturated carbocycles. The largest absolute Gasteiger partial charge is 0.481 e. The standard InChI is InChI=1S/C14H16N4O3/c19-13(11-8-15-12-2-1-7-16-18(11)12)17-10-5-3-9(4-6-10)14(20)21/h1-2,7-10H,3-6H2,(H,17,19)(H,20,21). The molecule has 0 aliphatic heterocycles. The Hall–Kier alpha value is -2.44. The maximum atomic E-state index is 12.3. The fourth-order valence-electron chi connectivity index (χ4n) is 2.73. The second kappa shape index (κ2) is 5.51. The summed E-state index contributed by atoms with van der Waals surface area (Å²) in [6, 6.07) is 3.56. The van der Waals surface area contributed by atoms with E-state index in [0.29, 0.717) is 37.0 Å². The second-order valence-electron chi connectivity index (χ2n) is 5.30. The van der Waals surface area contributed by atoms with Crippen molar-refractivity contribution in [2.75, 3.05) is 0 Å². The summed E-state index contributed by atoms with van der Waals surface area (Å²) in [4.78, 5) is 27.3. The highest BCUT2D eigenvalue weighted by Crippen LogP contribution is 2.24. The summed E-state index contributed by atoms with van der Waals surface area (Å²) in [7, 11) is 0. The molecular formula is C14H16N4O3. The zero-order chi connectivity index (χ0) is 14.8. The topological polar surface area (TPSA) is 96.6 Å². The van der Waals surface area contributed by atoms with Crippen LogP contribution in [0.4, 0.5) is 0 Å². The molecular weight excluding hydrogens is 272 g/mol. The number of aliphatic carboxylic acids is 1. The summed E-state index contributed by atoms with van der Waals surface area (Å²) in [5.41, 5.74) is 1.02. The molecule has 0 spiro atoms. The smallest absolute Gasteiger partial charge is 0.306 e. The highest BCUT2D eigenvalue weighted by molar-refractivity contribution is 5.93. The molecule has 0 bridgehead atoms. The van der Waals surface area contributed by atoms with Gasteiger partial charge in [0.2, 0.25) is 0 Å². The Balaban J connectivity index is 1.66. The van der Waals surface area contributed by atoms with Crippen LogP contribution >= 0.6 is 0 Å². The summed E-state index contributed by atoms with van der Waals surface area (Å²) in [5.74, 6) is -1.25. The first-order valence-electron chi connectivity index (χ1n) is 6.97. The van der Waals surface area contributed by atoms with Gasteiger partial charge in [0.1, 0.15) is 5.69 Å². The van der Waals surface area contributed by atoms with Crippen molar-refractivity contribution in [3.05, 3.63) is 30.2 Å². The number of amides is 1. The molecule has 7 heteroatoms. The van der Waals surface area contributed by atoms with Crippen LogP contribution < -0.4 is 5.32 Å². The first kappa shape index (κ1) is 13.5. The van der Waals surface area contributed by atoms with Crippen molar-refractivity contribution in [3.63, 3.8) is 0 Å². The third-order valence-corrected chi connectivity index (χ3v) is 3.92. The Kier molecular flexibility index (Phi) is 3.55. The molecule has 0 radical (unpaired) electrons. The molecule has 0 atom stereocenters. The molecule has 1 aliphatic carbocycles. The van der Waals surface area contributed by atoms with Gasteiger partial charge in [0, 0.05) is 12.2 Å². The van der Waals surface area contributed by atoms with Crippen molar-refractivity contribution < 1.29 is 14.7 Å². The molecule has 1 amide bonds. The van der Waals surface area contributed by atoms with Crippen LogP contribution in [0.15, 0.2) is 24.5 Å². The van der Waals surface area contributed by atoms with Crippen molar-refractivity contribution >= 4 is 17.5 Å². The van der Waals surface area contributed by atoms with Crippen LogP contribution in [0.25, 0.3) is 5.65 Å². The normalized spacial score (nSPS) is 22.1. The van der Waals surface area contributed by atoms with Crippen LogP contribution in [0.5, 0.6) is 0 Å². The lowest BCUT2D eigenvalue weighted by Gasteiger charge is -2.26. The quantitative estimate of drug-likeness (QED) is 0.881. The number of carboxylic acids is 1. The lowest BCUT2D eigenvalue weighted by molar-refractivity contribution is -0.142. The molecule has 2 aromatic heterocycles. The molecule has 1 fully saturated rings. The van der Waals surface area contributed by atoms with Gasteiger partial charge < -0.3 is 10.4 Å². The molecule has 0 saturated heterocycles. The first-order chi connectivity index (χ1) is 10.1. The number of nitrogens with zero attached hydrogens (tertiary/aromatic N) is 3. The lowest BCUT2D eigenvalue weighted by atomic mass is 9.86. The molecule has 2 aromatic rings. The molecule has 7 nitrogen and oxygen atoms in total. The molecule has 110 valence electrons. The van der Waals surface area contributed by atoms with E-state index in [9.17, 15) is 9.59 Å². The number of imidazole rings is 1. The van der Waals surface area contributed by atoms with Crippen molar-refractivity contribution in [2.45, 2.75) is 31.7 Å². The Bertz CT molecular complexity index is 674. The minimum Gasteiger partial charge on any atom is -0.481 e. The summed E-state index contributed by atoms with van der Waals surface area (Å²) in [5, 5.41) is 16.0. The van der Waals surface area contributed by atoms with E-state index in [0.717, 1.165) is 0 Å². The number of hydrogen-bond acceptors (Lipinski definition) is 4. The van der Waals surface area contributed by atoms with Gasteiger partial charge in [-0.1, -0.05) is 0 Å². The molecule has 2 heterocycles. The lowest BCUT2D eigenvalue weighted by Crippen LogP contribution is -2.39. The summed E-state index contributed by atoms with van der Waals surface area (Å²) < 4.78 is 1.50. The molecule has 21 heavy (non-hydrogen) atoms. The zero-order valence-electron chi connectivity index (χ0n) is 11.4. The van der Waals surface area contributed by atoms with Crippen LogP contribution in [0.2, 0.25) is 0 Å². The third-order valence-electron chi connectivity index (χ3n) is 3.92. The number of carbonyl (C=O) groups excluding carboxylic acids is 1. The Morgan fingerprint density at radius 3 is 2.76 bits per heavy atom. The average molecular weight is 288 g/mol. The molecule has 0 aromatic carbocycles. The number of rotatable bonds is 3. The van der Waals surface area contributed by atoms with E-state index in [4.69, 9.17) is 5.11 Å². The van der Waals surface area contributed by atoms with Gasteiger partial charge in [0.05, 0.1) is 12.1 Å². The number of fused-ring (bicyclic) bond motifs is 1. The summed E-state index contributed by atoms with van der Waals surface area (Å²) in [6.07, 6.45) is 5.68. The van der Waals surface area contributed by atoms with Gasteiger partial charge in [0.25, 0.3) is 5.91 Å². The minimum absolute atomic E-state index is 0.0161. The predicted octanol–water partition coefficient (Wildman–Crippen LogP) is 1.10. The van der Waals surface area contributed by atoms with Crippen molar-refractivity contribution in [1.82, 2.24) is 19.9 Å². The van der Waals surface area contributed by atoms with Crippen molar-refractivity contribution in [2.24, 2.45) is 5.92 Å². The number of hydrogen-bond donors (Lipinski definition) is 2. The second-order valence-corrected chi connectivity index (χ2v) is 5.30.